The summed E-state index contributed by atoms with van der Waals surface area (Å²) in [6.07, 6.45) is 0. The molecule has 3 aromatic rings. The number of nitrogens with one attached hydrogen (secondary N) is 1. The van der Waals surface area contributed by atoms with Crippen molar-refractivity contribution in [1.82, 2.24) is 4.98 Å². The number of thiazole rings is 1. The fourth-order valence-electron chi connectivity index (χ4n) is 2.39. The predicted octanol–water partition coefficient (Wildman–Crippen LogP) is 3.65. The molecule has 0 aliphatic heterocycles. The highest BCUT2D eigenvalue weighted by Gasteiger charge is 2.21. The molecule has 0 unspecified atom stereocenters. The van der Waals surface area contributed by atoms with Gasteiger partial charge in [-0.25, -0.2) is 13.4 Å². The Morgan fingerprint density at radius 1 is 1.17 bits per heavy atom. The van der Waals surface area contributed by atoms with Gasteiger partial charge >= 0.3 is 0 Å². The number of anilines is 1. The van der Waals surface area contributed by atoms with Crippen molar-refractivity contribution in [2.75, 3.05) is 11.1 Å². The molecule has 0 saturated heterocycles. The molecule has 1 N–H and O–H groups in total. The highest BCUT2D eigenvalue weighted by molar-refractivity contribution is 7.91. The van der Waals surface area contributed by atoms with E-state index in [0.29, 0.717) is 5.13 Å². The van der Waals surface area contributed by atoms with Crippen LogP contribution in [0.3, 0.4) is 0 Å². The summed E-state index contributed by atoms with van der Waals surface area (Å²) in [6, 6.07) is 12.0. The Bertz CT molecular complexity index is 1020. The second kappa shape index (κ2) is 6.33. The van der Waals surface area contributed by atoms with Gasteiger partial charge in [0.1, 0.15) is 0 Å². The number of sulfone groups is 1. The maximum Gasteiger partial charge on any atom is 0.258 e. The zero-order valence-corrected chi connectivity index (χ0v) is 14.9. The van der Waals surface area contributed by atoms with Crippen molar-refractivity contribution in [2.24, 2.45) is 0 Å². The molecule has 5 nitrogen and oxygen atoms in total. The first-order valence-corrected chi connectivity index (χ1v) is 9.88. The molecule has 3 rings (SSSR count). The Labute approximate surface area is 144 Å². The number of aryl methyl sites for hydroxylation is 1. The summed E-state index contributed by atoms with van der Waals surface area (Å²) in [5, 5.41) is 3.17. The first kappa shape index (κ1) is 16.6. The Morgan fingerprint density at radius 3 is 2.62 bits per heavy atom. The first-order valence-electron chi connectivity index (χ1n) is 7.41. The lowest BCUT2D eigenvalue weighted by molar-refractivity contribution is 0.102. The van der Waals surface area contributed by atoms with Gasteiger partial charge in [0.15, 0.2) is 15.0 Å². The monoisotopic (exact) mass is 360 g/mol. The third-order valence-electron chi connectivity index (χ3n) is 3.69. The lowest BCUT2D eigenvalue weighted by Gasteiger charge is -2.08. The van der Waals surface area contributed by atoms with E-state index in [-0.39, 0.29) is 16.2 Å². The summed E-state index contributed by atoms with van der Waals surface area (Å²) in [6.45, 7) is 3.51. The molecule has 0 spiro atoms. The molecule has 24 heavy (non-hydrogen) atoms. The van der Waals surface area contributed by atoms with Crippen LogP contribution in [0.15, 0.2) is 47.4 Å². The molecule has 0 radical (unpaired) electrons. The van der Waals surface area contributed by atoms with E-state index in [1.165, 1.54) is 23.5 Å². The average Bonchev–Trinajstić information content (AvgIpc) is 2.99. The molecule has 0 fully saturated rings. The third kappa shape index (κ3) is 3.05. The number of nitrogens with zero attached hydrogens (tertiary/aromatic N) is 1. The molecule has 2 aromatic carbocycles. The number of rotatable bonds is 4. The van der Waals surface area contributed by atoms with Crippen LogP contribution in [0.2, 0.25) is 0 Å². The van der Waals surface area contributed by atoms with E-state index in [1.54, 1.807) is 19.1 Å². The molecule has 7 heteroatoms. The second-order valence-electron chi connectivity index (χ2n) is 5.29. The summed E-state index contributed by atoms with van der Waals surface area (Å²) in [5.74, 6) is -0.531. The van der Waals surface area contributed by atoms with Crippen LogP contribution in [0.1, 0.15) is 22.8 Å². The number of amides is 1. The smallest absolute Gasteiger partial charge is 0.258 e. The molecule has 1 aromatic heterocycles. The molecule has 0 aliphatic rings. The molecule has 124 valence electrons. The van der Waals surface area contributed by atoms with Crippen molar-refractivity contribution in [3.63, 3.8) is 0 Å². The van der Waals surface area contributed by atoms with E-state index in [4.69, 9.17) is 0 Å². The average molecular weight is 360 g/mol. The maximum atomic E-state index is 12.6. The topological polar surface area (TPSA) is 76.1 Å². The fourth-order valence-corrected chi connectivity index (χ4v) is 4.42. The standard InChI is InChI=1S/C17H16N2O3S2/c1-3-24(21,22)14-10-5-4-8-12(14)16(20)19-17-18-15-11(2)7-6-9-13(15)23-17/h4-10H,3H2,1-2H3,(H,18,19,20). The van der Waals surface area contributed by atoms with Crippen molar-refractivity contribution >= 4 is 42.4 Å². The fraction of sp³-hybridized carbons (Fsp3) is 0.176. The molecule has 0 saturated carbocycles. The van der Waals surface area contributed by atoms with Crippen LogP contribution in [0.25, 0.3) is 10.2 Å². The van der Waals surface area contributed by atoms with Crippen molar-refractivity contribution in [1.29, 1.82) is 0 Å². The number of hydrogen-bond acceptors (Lipinski definition) is 5. The Morgan fingerprint density at radius 2 is 1.92 bits per heavy atom. The molecule has 1 amide bonds. The van der Waals surface area contributed by atoms with Crippen molar-refractivity contribution in [3.05, 3.63) is 53.6 Å². The van der Waals surface area contributed by atoms with Crippen molar-refractivity contribution in [2.45, 2.75) is 18.7 Å². The lowest BCUT2D eigenvalue weighted by atomic mass is 10.2. The molecule has 0 bridgehead atoms. The Hall–Kier alpha value is -2.25. The van der Waals surface area contributed by atoms with Crippen LogP contribution in [0.4, 0.5) is 5.13 Å². The van der Waals surface area contributed by atoms with Gasteiger partial charge in [0.2, 0.25) is 0 Å². The van der Waals surface area contributed by atoms with Crippen LogP contribution in [-0.4, -0.2) is 25.1 Å². The molecule has 1 heterocycles. The Balaban J connectivity index is 1.97. The minimum absolute atomic E-state index is 0.0438. The highest BCUT2D eigenvalue weighted by atomic mass is 32.2. The number of fused-ring (bicyclic) bond motifs is 1. The van der Waals surface area contributed by atoms with E-state index in [0.717, 1.165) is 15.8 Å². The van der Waals surface area contributed by atoms with E-state index in [2.05, 4.69) is 10.3 Å². The van der Waals surface area contributed by atoms with E-state index < -0.39 is 15.7 Å². The van der Waals surface area contributed by atoms with Crippen LogP contribution < -0.4 is 5.32 Å². The van der Waals surface area contributed by atoms with Gasteiger partial charge in [-0.05, 0) is 30.7 Å². The molecule has 0 aliphatic carbocycles. The Kier molecular flexibility index (Phi) is 4.38. The van der Waals surface area contributed by atoms with Gasteiger partial charge in [-0.2, -0.15) is 0 Å². The number of benzene rings is 2. The number of carbonyl (C=O) groups is 1. The summed E-state index contributed by atoms with van der Waals surface area (Å²) < 4.78 is 25.3. The third-order valence-corrected chi connectivity index (χ3v) is 6.41. The van der Waals surface area contributed by atoms with Gasteiger partial charge < -0.3 is 0 Å². The highest BCUT2D eigenvalue weighted by Crippen LogP contribution is 2.28. The van der Waals surface area contributed by atoms with E-state index >= 15 is 0 Å². The molecular formula is C17H16N2O3S2. The maximum absolute atomic E-state index is 12.6. The van der Waals surface area contributed by atoms with Gasteiger partial charge in [0.25, 0.3) is 5.91 Å². The van der Waals surface area contributed by atoms with Crippen molar-refractivity contribution in [3.8, 4) is 0 Å². The van der Waals surface area contributed by atoms with Crippen LogP contribution >= 0.6 is 11.3 Å². The van der Waals surface area contributed by atoms with Gasteiger partial charge in [0.05, 0.1) is 26.4 Å². The summed E-state index contributed by atoms with van der Waals surface area (Å²) in [5.41, 5.74) is 2.00. The van der Waals surface area contributed by atoms with Crippen LogP contribution in [-0.2, 0) is 9.84 Å². The van der Waals surface area contributed by atoms with Crippen LogP contribution in [0.5, 0.6) is 0 Å². The zero-order chi connectivity index (χ0) is 17.3. The lowest BCUT2D eigenvalue weighted by Crippen LogP contribution is -2.17. The van der Waals surface area contributed by atoms with Crippen molar-refractivity contribution < 1.29 is 13.2 Å². The van der Waals surface area contributed by atoms with Gasteiger partial charge in [0, 0.05) is 0 Å². The van der Waals surface area contributed by atoms with Gasteiger partial charge in [-0.1, -0.05) is 42.5 Å². The largest absolute Gasteiger partial charge is 0.298 e. The zero-order valence-electron chi connectivity index (χ0n) is 13.2. The minimum Gasteiger partial charge on any atom is -0.298 e. The normalized spacial score (nSPS) is 11.6. The first-order chi connectivity index (χ1) is 11.4. The molecule has 0 atom stereocenters. The predicted molar refractivity (Wildman–Crippen MR) is 96.5 cm³/mol. The second-order valence-corrected chi connectivity index (χ2v) is 8.57. The van der Waals surface area contributed by atoms with Gasteiger partial charge in [-0.15, -0.1) is 0 Å². The van der Waals surface area contributed by atoms with Crippen LogP contribution in [0, 0.1) is 6.92 Å². The van der Waals surface area contributed by atoms with E-state index in [9.17, 15) is 13.2 Å². The molecular weight excluding hydrogens is 344 g/mol. The summed E-state index contributed by atoms with van der Waals surface area (Å²) in [7, 11) is -3.48. The summed E-state index contributed by atoms with van der Waals surface area (Å²) >= 11 is 1.36. The quantitative estimate of drug-likeness (QED) is 0.770. The summed E-state index contributed by atoms with van der Waals surface area (Å²) in [4.78, 5) is 17.0. The number of aromatic nitrogens is 1. The van der Waals surface area contributed by atoms with Gasteiger partial charge in [-0.3, -0.25) is 10.1 Å². The SMILES string of the molecule is CCS(=O)(=O)c1ccccc1C(=O)Nc1nc2c(C)cccc2s1. The number of hydrogen-bond donors (Lipinski definition) is 1. The minimum atomic E-state index is -3.48. The number of carbonyl (C=O) groups excluding carboxylic acids is 1. The number of para-hydroxylation sites is 1. The van der Waals surface area contributed by atoms with E-state index in [1.807, 2.05) is 25.1 Å².